The van der Waals surface area contributed by atoms with E-state index in [4.69, 9.17) is 4.42 Å². The lowest BCUT2D eigenvalue weighted by Crippen LogP contribution is -2.06. The Morgan fingerprint density at radius 3 is 3.00 bits per heavy atom. The Labute approximate surface area is 129 Å². The average molecular weight is 305 g/mol. The Morgan fingerprint density at radius 1 is 1.22 bits per heavy atom. The van der Waals surface area contributed by atoms with E-state index < -0.39 is 5.63 Å². The lowest BCUT2D eigenvalue weighted by atomic mass is 10.1. The molecule has 0 spiro atoms. The molecule has 0 bridgehead atoms. The van der Waals surface area contributed by atoms with Gasteiger partial charge in [0.15, 0.2) is 0 Å². The molecule has 0 aliphatic carbocycles. The van der Waals surface area contributed by atoms with Crippen molar-refractivity contribution in [3.8, 4) is 5.75 Å². The number of para-hydroxylation sites is 1. The van der Waals surface area contributed by atoms with Gasteiger partial charge in [-0.25, -0.2) is 9.78 Å². The molecule has 0 saturated carbocycles. The van der Waals surface area contributed by atoms with E-state index in [9.17, 15) is 9.90 Å². The third kappa shape index (κ3) is 2.26. The summed E-state index contributed by atoms with van der Waals surface area (Å²) in [7, 11) is 0. The van der Waals surface area contributed by atoms with Crippen LogP contribution >= 0.6 is 0 Å². The quantitative estimate of drug-likeness (QED) is 0.439. The summed E-state index contributed by atoms with van der Waals surface area (Å²) in [6.45, 7) is 0. The zero-order valence-electron chi connectivity index (χ0n) is 11.9. The summed E-state index contributed by atoms with van der Waals surface area (Å²) in [5.74, 6) is -0.136. The second kappa shape index (κ2) is 5.10. The molecule has 0 saturated heterocycles. The van der Waals surface area contributed by atoms with Crippen molar-refractivity contribution in [2.24, 2.45) is 4.99 Å². The Hall–Kier alpha value is -3.41. The monoisotopic (exact) mass is 305 g/mol. The smallest absolute Gasteiger partial charge is 0.348 e. The van der Waals surface area contributed by atoms with E-state index >= 15 is 0 Å². The maximum atomic E-state index is 12.0. The van der Waals surface area contributed by atoms with Crippen molar-refractivity contribution >= 4 is 33.9 Å². The van der Waals surface area contributed by atoms with E-state index in [0.717, 1.165) is 11.0 Å². The van der Waals surface area contributed by atoms with Crippen molar-refractivity contribution in [3.05, 3.63) is 64.8 Å². The molecule has 0 fully saturated rings. The Morgan fingerprint density at radius 2 is 2.09 bits per heavy atom. The average Bonchev–Trinajstić information content (AvgIpc) is 3.02. The highest BCUT2D eigenvalue weighted by Crippen LogP contribution is 2.25. The summed E-state index contributed by atoms with van der Waals surface area (Å²) in [6, 6.07) is 12.2. The van der Waals surface area contributed by atoms with E-state index in [0.29, 0.717) is 16.7 Å². The molecule has 4 rings (SSSR count). The molecular weight excluding hydrogens is 294 g/mol. The molecule has 0 aliphatic heterocycles. The van der Waals surface area contributed by atoms with Gasteiger partial charge in [-0.05, 0) is 30.3 Å². The number of H-pyrrole nitrogens is 1. The van der Waals surface area contributed by atoms with Gasteiger partial charge in [0, 0.05) is 6.21 Å². The number of aromatic amines is 1. The number of hydrogen-bond donors (Lipinski definition) is 2. The van der Waals surface area contributed by atoms with Crippen LogP contribution in [0.1, 0.15) is 5.56 Å². The van der Waals surface area contributed by atoms with Crippen molar-refractivity contribution in [3.63, 3.8) is 0 Å². The Balaban J connectivity index is 1.81. The van der Waals surface area contributed by atoms with E-state index in [1.165, 1.54) is 6.21 Å². The summed E-state index contributed by atoms with van der Waals surface area (Å²) in [6.07, 6.45) is 2.91. The van der Waals surface area contributed by atoms with Crippen LogP contribution in [0.3, 0.4) is 0 Å². The van der Waals surface area contributed by atoms with E-state index in [2.05, 4.69) is 15.0 Å². The van der Waals surface area contributed by atoms with E-state index in [1.807, 2.05) is 6.07 Å². The summed E-state index contributed by atoms with van der Waals surface area (Å²) in [4.78, 5) is 23.4. The van der Waals surface area contributed by atoms with Crippen molar-refractivity contribution in [1.82, 2.24) is 9.97 Å². The predicted molar refractivity (Wildman–Crippen MR) is 87.5 cm³/mol. The number of aromatic hydroxyl groups is 1. The van der Waals surface area contributed by atoms with Gasteiger partial charge in [0.1, 0.15) is 16.9 Å². The minimum Gasteiger partial charge on any atom is -0.506 e. The third-order valence-corrected chi connectivity index (χ3v) is 3.57. The summed E-state index contributed by atoms with van der Waals surface area (Å²) >= 11 is 0. The highest BCUT2D eigenvalue weighted by molar-refractivity contribution is 5.94. The van der Waals surface area contributed by atoms with Gasteiger partial charge in [-0.1, -0.05) is 12.1 Å². The fraction of sp³-hybridized carbons (Fsp3) is 0. The SMILES string of the molecule is O=c1oc2ccccc2c(O)c1C=Nc1ccc2nc[nH]c2c1. The van der Waals surface area contributed by atoms with Crippen LogP contribution in [-0.4, -0.2) is 21.3 Å². The van der Waals surface area contributed by atoms with Crippen molar-refractivity contribution in [2.75, 3.05) is 0 Å². The number of nitrogens with zero attached hydrogens (tertiary/aromatic N) is 2. The zero-order chi connectivity index (χ0) is 15.8. The van der Waals surface area contributed by atoms with Crippen LogP contribution in [0, 0.1) is 0 Å². The Kier molecular flexibility index (Phi) is 2.94. The number of rotatable bonds is 2. The number of benzene rings is 2. The number of aliphatic imine (C=N–C) groups is 1. The predicted octanol–water partition coefficient (Wildman–Crippen LogP) is 3.13. The van der Waals surface area contributed by atoms with Crippen LogP contribution in [0.4, 0.5) is 5.69 Å². The minimum atomic E-state index is -0.632. The molecule has 2 heterocycles. The minimum absolute atomic E-state index is 0.0217. The fourth-order valence-electron chi connectivity index (χ4n) is 2.40. The molecule has 6 nitrogen and oxygen atoms in total. The third-order valence-electron chi connectivity index (χ3n) is 3.57. The molecule has 6 heteroatoms. The molecule has 0 unspecified atom stereocenters. The van der Waals surface area contributed by atoms with Crippen LogP contribution in [0.25, 0.3) is 22.0 Å². The molecule has 2 aromatic carbocycles. The number of hydrogen-bond acceptors (Lipinski definition) is 5. The first kappa shape index (κ1) is 13.3. The topological polar surface area (TPSA) is 91.5 Å². The number of aromatic nitrogens is 2. The van der Waals surface area contributed by atoms with Crippen LogP contribution in [-0.2, 0) is 0 Å². The van der Waals surface area contributed by atoms with E-state index in [-0.39, 0.29) is 11.3 Å². The highest BCUT2D eigenvalue weighted by atomic mass is 16.4. The highest BCUT2D eigenvalue weighted by Gasteiger charge is 2.11. The van der Waals surface area contributed by atoms with Crippen molar-refractivity contribution in [1.29, 1.82) is 0 Å². The normalized spacial score (nSPS) is 11.7. The molecule has 2 aromatic heterocycles. The van der Waals surface area contributed by atoms with Gasteiger partial charge in [-0.2, -0.15) is 0 Å². The van der Waals surface area contributed by atoms with Crippen LogP contribution < -0.4 is 5.63 Å². The lowest BCUT2D eigenvalue weighted by Gasteiger charge is -2.02. The first-order valence-corrected chi connectivity index (χ1v) is 6.94. The van der Waals surface area contributed by atoms with E-state index in [1.54, 1.807) is 42.7 Å². The molecular formula is C17H11N3O3. The van der Waals surface area contributed by atoms with Gasteiger partial charge in [0.05, 0.1) is 28.4 Å². The molecule has 2 N–H and O–H groups in total. The Bertz CT molecular complexity index is 1110. The summed E-state index contributed by atoms with van der Waals surface area (Å²) in [5, 5.41) is 10.7. The second-order valence-electron chi connectivity index (χ2n) is 5.01. The summed E-state index contributed by atoms with van der Waals surface area (Å²) in [5.41, 5.74) is 2.03. The number of fused-ring (bicyclic) bond motifs is 2. The second-order valence-corrected chi connectivity index (χ2v) is 5.01. The molecule has 4 aromatic rings. The van der Waals surface area contributed by atoms with Gasteiger partial charge in [0.25, 0.3) is 0 Å². The molecule has 112 valence electrons. The van der Waals surface area contributed by atoms with Crippen molar-refractivity contribution in [2.45, 2.75) is 0 Å². The zero-order valence-corrected chi connectivity index (χ0v) is 11.9. The number of imidazole rings is 1. The van der Waals surface area contributed by atoms with Crippen LogP contribution in [0.5, 0.6) is 5.75 Å². The fourth-order valence-corrected chi connectivity index (χ4v) is 2.40. The van der Waals surface area contributed by atoms with Crippen LogP contribution in [0.15, 0.2) is 63.0 Å². The molecule has 0 radical (unpaired) electrons. The lowest BCUT2D eigenvalue weighted by molar-refractivity contribution is 0.466. The maximum absolute atomic E-state index is 12.0. The molecule has 0 aliphatic rings. The largest absolute Gasteiger partial charge is 0.506 e. The maximum Gasteiger partial charge on any atom is 0.348 e. The first-order chi connectivity index (χ1) is 11.2. The standard InChI is InChI=1S/C17H11N3O3/c21-16-11-3-1-2-4-15(11)23-17(22)12(16)8-18-10-5-6-13-14(7-10)20-9-19-13/h1-9,21H,(H,19,20). The van der Waals surface area contributed by atoms with Gasteiger partial charge in [-0.3, -0.25) is 4.99 Å². The van der Waals surface area contributed by atoms with Crippen molar-refractivity contribution < 1.29 is 9.52 Å². The molecule has 0 atom stereocenters. The van der Waals surface area contributed by atoms with Gasteiger partial charge >= 0.3 is 5.63 Å². The van der Waals surface area contributed by atoms with Crippen LogP contribution in [0.2, 0.25) is 0 Å². The molecule has 0 amide bonds. The summed E-state index contributed by atoms with van der Waals surface area (Å²) < 4.78 is 5.20. The van der Waals surface area contributed by atoms with Gasteiger partial charge in [0.2, 0.25) is 0 Å². The number of nitrogens with one attached hydrogen (secondary N) is 1. The first-order valence-electron chi connectivity index (χ1n) is 6.94. The molecule has 23 heavy (non-hydrogen) atoms. The van der Waals surface area contributed by atoms with Gasteiger partial charge in [-0.15, -0.1) is 0 Å². The van der Waals surface area contributed by atoms with Gasteiger partial charge < -0.3 is 14.5 Å².